The molecule has 4 fully saturated rings. The molecule has 4 aliphatic rings. The van der Waals surface area contributed by atoms with Crippen molar-refractivity contribution < 1.29 is 19.4 Å². The van der Waals surface area contributed by atoms with Gasteiger partial charge >= 0.3 is 5.97 Å². The highest BCUT2D eigenvalue weighted by molar-refractivity contribution is 5.84. The van der Waals surface area contributed by atoms with Crippen LogP contribution < -0.4 is 5.73 Å². The minimum Gasteiger partial charge on any atom is -0.452 e. The fourth-order valence-electron chi connectivity index (χ4n) is 4.80. The third kappa shape index (κ3) is 2.04. The van der Waals surface area contributed by atoms with E-state index in [2.05, 4.69) is 0 Å². The number of amides is 1. The van der Waals surface area contributed by atoms with Crippen LogP contribution in [0.1, 0.15) is 45.4 Å². The molecule has 0 saturated heterocycles. The lowest BCUT2D eigenvalue weighted by Gasteiger charge is -2.58. The minimum absolute atomic E-state index is 0.341. The number of primary amides is 1. The molecule has 5 nitrogen and oxygen atoms in total. The van der Waals surface area contributed by atoms with Crippen molar-refractivity contribution in [3.8, 4) is 0 Å². The second-order valence-electron chi connectivity index (χ2n) is 6.92. The number of hydrogen-bond donors (Lipinski definition) is 2. The normalized spacial score (nSPS) is 44.9. The highest BCUT2D eigenvalue weighted by Crippen LogP contribution is 2.62. The number of carbonyl (C=O) groups is 2. The molecule has 0 spiro atoms. The monoisotopic (exact) mass is 267 g/mol. The van der Waals surface area contributed by atoms with Crippen LogP contribution in [-0.2, 0) is 14.3 Å². The van der Waals surface area contributed by atoms with E-state index >= 15 is 0 Å². The molecule has 0 radical (unpaired) electrons. The Morgan fingerprint density at radius 1 is 1.26 bits per heavy atom. The summed E-state index contributed by atoms with van der Waals surface area (Å²) in [5.74, 6) is -0.131. The number of aliphatic hydroxyl groups is 1. The Hall–Kier alpha value is -1.10. The zero-order chi connectivity index (χ0) is 13.8. The summed E-state index contributed by atoms with van der Waals surface area (Å²) in [6.45, 7) is 1.50. The van der Waals surface area contributed by atoms with Crippen molar-refractivity contribution in [2.24, 2.45) is 23.0 Å². The first-order valence-corrected chi connectivity index (χ1v) is 7.05. The van der Waals surface area contributed by atoms with Crippen LogP contribution in [-0.4, -0.2) is 28.7 Å². The smallest absolute Gasteiger partial charge is 0.312 e. The average molecular weight is 267 g/mol. The average Bonchev–Trinajstić information content (AvgIpc) is 2.24. The zero-order valence-corrected chi connectivity index (χ0v) is 11.2. The van der Waals surface area contributed by atoms with Crippen LogP contribution in [0, 0.1) is 17.3 Å². The molecule has 5 heteroatoms. The van der Waals surface area contributed by atoms with Gasteiger partial charge in [-0.15, -0.1) is 0 Å². The van der Waals surface area contributed by atoms with Crippen LogP contribution in [0.5, 0.6) is 0 Å². The Kier molecular flexibility index (Phi) is 2.68. The molecular formula is C14H21NO4. The van der Waals surface area contributed by atoms with Gasteiger partial charge in [-0.1, -0.05) is 0 Å². The van der Waals surface area contributed by atoms with Gasteiger partial charge in [0.25, 0.3) is 5.91 Å². The minimum atomic E-state index is -0.893. The largest absolute Gasteiger partial charge is 0.452 e. The maximum Gasteiger partial charge on any atom is 0.312 e. The van der Waals surface area contributed by atoms with Gasteiger partial charge in [0, 0.05) is 0 Å². The van der Waals surface area contributed by atoms with E-state index in [1.165, 1.54) is 6.92 Å². The molecule has 1 amide bonds. The molecule has 0 aliphatic heterocycles. The third-order valence-electron chi connectivity index (χ3n) is 5.15. The molecule has 3 atom stereocenters. The molecule has 4 aliphatic carbocycles. The molecule has 0 aromatic rings. The standard InChI is InChI=1S/C14H21NO4/c1-8(11(15)16)19-12(17)13-3-9-2-10(4-13)6-14(18,5-9)7-13/h8-10,18H,2-7H2,1H3,(H2,15,16)/t8-,9+,10+,13?,14?/m0/s1. The van der Waals surface area contributed by atoms with Gasteiger partial charge < -0.3 is 15.6 Å². The maximum atomic E-state index is 12.4. The number of ether oxygens (including phenoxy) is 1. The van der Waals surface area contributed by atoms with Gasteiger partial charge in [-0.25, -0.2) is 0 Å². The summed E-state index contributed by atoms with van der Waals surface area (Å²) in [4.78, 5) is 23.4. The second-order valence-corrected chi connectivity index (χ2v) is 6.92. The molecular weight excluding hydrogens is 246 g/mol. The Labute approximate surface area is 112 Å². The van der Waals surface area contributed by atoms with Crippen LogP contribution in [0.2, 0.25) is 0 Å². The second kappa shape index (κ2) is 3.95. The number of rotatable bonds is 3. The lowest BCUT2D eigenvalue weighted by molar-refractivity contribution is -0.199. The topological polar surface area (TPSA) is 89.6 Å². The molecule has 0 heterocycles. The molecule has 0 unspecified atom stereocenters. The number of esters is 1. The van der Waals surface area contributed by atoms with Gasteiger partial charge in [0.1, 0.15) is 0 Å². The molecule has 4 saturated carbocycles. The van der Waals surface area contributed by atoms with Gasteiger partial charge in [0.2, 0.25) is 0 Å². The summed E-state index contributed by atoms with van der Waals surface area (Å²) < 4.78 is 5.22. The van der Waals surface area contributed by atoms with Crippen molar-refractivity contribution in [1.29, 1.82) is 0 Å². The third-order valence-corrected chi connectivity index (χ3v) is 5.15. The lowest BCUT2D eigenvalue weighted by atomic mass is 9.48. The van der Waals surface area contributed by atoms with Crippen LogP contribution in [0.15, 0.2) is 0 Å². The van der Waals surface area contributed by atoms with Crippen LogP contribution >= 0.6 is 0 Å². The van der Waals surface area contributed by atoms with Gasteiger partial charge in [0.15, 0.2) is 6.10 Å². The van der Waals surface area contributed by atoms with Crippen LogP contribution in [0.25, 0.3) is 0 Å². The first kappa shape index (κ1) is 12.9. The predicted molar refractivity (Wildman–Crippen MR) is 66.8 cm³/mol. The maximum absolute atomic E-state index is 12.4. The molecule has 3 N–H and O–H groups in total. The van der Waals surface area contributed by atoms with Crippen LogP contribution in [0.4, 0.5) is 0 Å². The molecule has 0 aromatic carbocycles. The number of nitrogens with two attached hydrogens (primary N) is 1. The first-order valence-electron chi connectivity index (χ1n) is 7.05. The summed E-state index contributed by atoms with van der Waals surface area (Å²) in [6.07, 6.45) is 3.90. The Balaban J connectivity index is 1.80. The highest BCUT2D eigenvalue weighted by Gasteiger charge is 2.61. The van der Waals surface area contributed by atoms with E-state index in [9.17, 15) is 14.7 Å². The number of hydrogen-bond acceptors (Lipinski definition) is 4. The Morgan fingerprint density at radius 3 is 2.32 bits per heavy atom. The summed E-state index contributed by atoms with van der Waals surface area (Å²) in [6, 6.07) is 0. The van der Waals surface area contributed by atoms with Crippen molar-refractivity contribution in [2.45, 2.75) is 57.2 Å². The molecule has 19 heavy (non-hydrogen) atoms. The van der Waals surface area contributed by atoms with Gasteiger partial charge in [-0.3, -0.25) is 9.59 Å². The molecule has 106 valence electrons. The van der Waals surface area contributed by atoms with Crippen molar-refractivity contribution in [2.75, 3.05) is 0 Å². The van der Waals surface area contributed by atoms with Gasteiger partial charge in [-0.05, 0) is 57.3 Å². The Bertz CT molecular complexity index is 419. The summed E-state index contributed by atoms with van der Waals surface area (Å²) in [5, 5.41) is 10.6. The quantitative estimate of drug-likeness (QED) is 0.738. The SMILES string of the molecule is C[C@H](OC(=O)C12C[C@H]3C[C@@H](CC(O)(C3)C1)C2)C(N)=O. The van der Waals surface area contributed by atoms with Crippen molar-refractivity contribution >= 4 is 11.9 Å². The van der Waals surface area contributed by atoms with Gasteiger partial charge in [0.05, 0.1) is 11.0 Å². The predicted octanol–water partition coefficient (Wildman–Crippen LogP) is 0.735. The van der Waals surface area contributed by atoms with Crippen molar-refractivity contribution in [1.82, 2.24) is 0 Å². The summed E-state index contributed by atoms with van der Waals surface area (Å²) in [7, 11) is 0. The van der Waals surface area contributed by atoms with E-state index in [1.807, 2.05) is 0 Å². The first-order chi connectivity index (χ1) is 8.82. The van der Waals surface area contributed by atoms with E-state index in [1.54, 1.807) is 0 Å². The zero-order valence-electron chi connectivity index (χ0n) is 11.2. The van der Waals surface area contributed by atoms with E-state index in [0.717, 1.165) is 32.1 Å². The van der Waals surface area contributed by atoms with E-state index in [-0.39, 0.29) is 5.97 Å². The molecule has 4 bridgehead atoms. The van der Waals surface area contributed by atoms with Gasteiger partial charge in [-0.2, -0.15) is 0 Å². The highest BCUT2D eigenvalue weighted by atomic mass is 16.5. The summed E-state index contributed by atoms with van der Waals surface area (Å²) in [5.41, 5.74) is 3.86. The molecule has 0 aromatic heterocycles. The van der Waals surface area contributed by atoms with E-state index in [0.29, 0.717) is 18.3 Å². The van der Waals surface area contributed by atoms with Crippen LogP contribution in [0.3, 0.4) is 0 Å². The Morgan fingerprint density at radius 2 is 1.84 bits per heavy atom. The fourth-order valence-corrected chi connectivity index (χ4v) is 4.80. The lowest BCUT2D eigenvalue weighted by Crippen LogP contribution is -2.59. The molecule has 4 rings (SSSR count). The summed E-state index contributed by atoms with van der Waals surface area (Å²) >= 11 is 0. The number of carbonyl (C=O) groups excluding carboxylic acids is 2. The fraction of sp³-hybridized carbons (Fsp3) is 0.857. The van der Waals surface area contributed by atoms with Crippen molar-refractivity contribution in [3.05, 3.63) is 0 Å². The van der Waals surface area contributed by atoms with E-state index < -0.39 is 23.0 Å². The van der Waals surface area contributed by atoms with E-state index in [4.69, 9.17) is 10.5 Å². The van der Waals surface area contributed by atoms with Crippen molar-refractivity contribution in [3.63, 3.8) is 0 Å².